The standard InChI is InChI=1S/C21H22FN3O2/c22-17-10-8-16(9-11-17)13-24-18-7-4-12-23-19(18)20(26)25(21(24)27)14-15-5-2-1-3-6-15/h1-3,5-6,8-11,18-19,23H,4,7,12-14H2. The van der Waals surface area contributed by atoms with Crippen LogP contribution in [0.15, 0.2) is 54.6 Å². The van der Waals surface area contributed by atoms with Crippen molar-refractivity contribution >= 4 is 11.9 Å². The summed E-state index contributed by atoms with van der Waals surface area (Å²) in [4.78, 5) is 29.3. The molecule has 6 heteroatoms. The highest BCUT2D eigenvalue weighted by Gasteiger charge is 2.46. The number of rotatable bonds is 4. The Kier molecular flexibility index (Phi) is 4.90. The SMILES string of the molecule is O=C1C2NCCCC2N(Cc2ccc(F)cc2)C(=O)N1Cc1ccccc1. The maximum atomic E-state index is 13.2. The molecule has 5 nitrogen and oxygen atoms in total. The highest BCUT2D eigenvalue weighted by Crippen LogP contribution is 2.27. The summed E-state index contributed by atoms with van der Waals surface area (Å²) >= 11 is 0. The van der Waals surface area contributed by atoms with Crippen molar-refractivity contribution in [2.24, 2.45) is 0 Å². The third-order valence-corrected chi connectivity index (χ3v) is 5.28. The molecule has 2 aliphatic rings. The van der Waals surface area contributed by atoms with Gasteiger partial charge in [0.1, 0.15) is 11.9 Å². The molecule has 0 aliphatic carbocycles. The number of piperidine rings is 1. The highest BCUT2D eigenvalue weighted by atomic mass is 19.1. The molecule has 3 amide bonds. The van der Waals surface area contributed by atoms with Crippen molar-refractivity contribution in [2.45, 2.75) is 38.0 Å². The molecule has 2 aromatic rings. The number of urea groups is 1. The number of hydrogen-bond acceptors (Lipinski definition) is 3. The zero-order valence-electron chi connectivity index (χ0n) is 15.0. The minimum atomic E-state index is -0.388. The minimum Gasteiger partial charge on any atom is -0.315 e. The molecule has 2 unspecified atom stereocenters. The van der Waals surface area contributed by atoms with Crippen LogP contribution in [0.3, 0.4) is 0 Å². The van der Waals surface area contributed by atoms with Gasteiger partial charge in [0.2, 0.25) is 5.91 Å². The fourth-order valence-corrected chi connectivity index (χ4v) is 3.90. The first-order valence-electron chi connectivity index (χ1n) is 9.27. The van der Waals surface area contributed by atoms with Crippen LogP contribution in [0.4, 0.5) is 9.18 Å². The lowest BCUT2D eigenvalue weighted by molar-refractivity contribution is -0.137. The summed E-state index contributed by atoms with van der Waals surface area (Å²) in [6.45, 7) is 1.38. The number of halogens is 1. The Balaban J connectivity index is 1.62. The third-order valence-electron chi connectivity index (χ3n) is 5.28. The van der Waals surface area contributed by atoms with Gasteiger partial charge < -0.3 is 10.2 Å². The molecular weight excluding hydrogens is 345 g/mol. The number of nitrogens with zero attached hydrogens (tertiary/aromatic N) is 2. The molecule has 0 bridgehead atoms. The maximum absolute atomic E-state index is 13.2. The van der Waals surface area contributed by atoms with E-state index < -0.39 is 0 Å². The van der Waals surface area contributed by atoms with Crippen molar-refractivity contribution in [1.29, 1.82) is 0 Å². The number of amides is 3. The van der Waals surface area contributed by atoms with Crippen molar-refractivity contribution in [3.63, 3.8) is 0 Å². The van der Waals surface area contributed by atoms with E-state index in [9.17, 15) is 14.0 Å². The molecule has 0 radical (unpaired) electrons. The van der Waals surface area contributed by atoms with Gasteiger partial charge in [0.05, 0.1) is 12.6 Å². The van der Waals surface area contributed by atoms with E-state index in [1.807, 2.05) is 30.3 Å². The lowest BCUT2D eigenvalue weighted by Crippen LogP contribution is -2.68. The van der Waals surface area contributed by atoms with Crippen molar-refractivity contribution in [2.75, 3.05) is 6.54 Å². The molecule has 0 aromatic heterocycles. The first kappa shape index (κ1) is 17.7. The molecule has 140 valence electrons. The van der Waals surface area contributed by atoms with Crippen molar-refractivity contribution in [3.05, 3.63) is 71.5 Å². The molecule has 2 atom stereocenters. The average molecular weight is 367 g/mol. The predicted octanol–water partition coefficient (Wildman–Crippen LogP) is 2.91. The van der Waals surface area contributed by atoms with E-state index in [0.717, 1.165) is 30.5 Å². The van der Waals surface area contributed by atoms with Crippen LogP contribution in [0, 0.1) is 5.82 Å². The second-order valence-corrected chi connectivity index (χ2v) is 7.09. The van der Waals surface area contributed by atoms with Crippen molar-refractivity contribution in [1.82, 2.24) is 15.1 Å². The van der Waals surface area contributed by atoms with E-state index in [4.69, 9.17) is 0 Å². The minimum absolute atomic E-state index is 0.163. The van der Waals surface area contributed by atoms with Gasteiger partial charge in [0.15, 0.2) is 0 Å². The van der Waals surface area contributed by atoms with Gasteiger partial charge in [0, 0.05) is 6.54 Å². The van der Waals surface area contributed by atoms with E-state index in [-0.39, 0.29) is 36.4 Å². The van der Waals surface area contributed by atoms with E-state index in [2.05, 4.69) is 5.32 Å². The van der Waals surface area contributed by atoms with Gasteiger partial charge >= 0.3 is 6.03 Å². The third kappa shape index (κ3) is 3.57. The van der Waals surface area contributed by atoms with Gasteiger partial charge in [-0.25, -0.2) is 9.18 Å². The van der Waals surface area contributed by atoms with Gasteiger partial charge in [-0.05, 0) is 42.6 Å². The summed E-state index contributed by atoms with van der Waals surface area (Å²) in [5.74, 6) is -0.467. The Bertz CT molecular complexity index is 825. The predicted molar refractivity (Wildman–Crippen MR) is 99.1 cm³/mol. The lowest BCUT2D eigenvalue weighted by atomic mass is 9.93. The topological polar surface area (TPSA) is 52.7 Å². The highest BCUT2D eigenvalue weighted by molar-refractivity contribution is 6.00. The summed E-state index contributed by atoms with van der Waals surface area (Å²) in [5, 5.41) is 3.29. The second kappa shape index (κ2) is 7.48. The fourth-order valence-electron chi connectivity index (χ4n) is 3.90. The normalized spacial score (nSPS) is 22.7. The molecule has 2 fully saturated rings. The number of carbonyl (C=O) groups excluding carboxylic acids is 2. The molecule has 0 saturated carbocycles. The van der Waals surface area contributed by atoms with Gasteiger partial charge in [0.25, 0.3) is 0 Å². The molecule has 2 heterocycles. The van der Waals surface area contributed by atoms with Gasteiger partial charge in [-0.15, -0.1) is 0 Å². The molecule has 4 rings (SSSR count). The number of nitrogens with one attached hydrogen (secondary N) is 1. The average Bonchev–Trinajstić information content (AvgIpc) is 2.71. The van der Waals surface area contributed by atoms with Crippen LogP contribution in [0.25, 0.3) is 0 Å². The first-order chi connectivity index (χ1) is 13.1. The fraction of sp³-hybridized carbons (Fsp3) is 0.333. The van der Waals surface area contributed by atoms with Crippen LogP contribution in [0.5, 0.6) is 0 Å². The summed E-state index contributed by atoms with van der Waals surface area (Å²) < 4.78 is 13.2. The molecule has 2 aliphatic heterocycles. The Morgan fingerprint density at radius 3 is 2.41 bits per heavy atom. The van der Waals surface area contributed by atoms with E-state index in [0.29, 0.717) is 6.54 Å². The van der Waals surface area contributed by atoms with E-state index in [1.54, 1.807) is 17.0 Å². The zero-order valence-corrected chi connectivity index (χ0v) is 15.0. The van der Waals surface area contributed by atoms with Gasteiger partial charge in [-0.2, -0.15) is 0 Å². The van der Waals surface area contributed by atoms with Crippen LogP contribution in [-0.2, 0) is 17.9 Å². The summed E-state index contributed by atoms with van der Waals surface area (Å²) in [6.07, 6.45) is 1.70. The Labute approximate surface area is 157 Å². The largest absolute Gasteiger partial charge is 0.327 e. The van der Waals surface area contributed by atoms with E-state index in [1.165, 1.54) is 17.0 Å². The summed E-state index contributed by atoms with van der Waals surface area (Å²) in [6, 6.07) is 14.8. The molecule has 1 N–H and O–H groups in total. The smallest absolute Gasteiger partial charge is 0.315 e. The second-order valence-electron chi connectivity index (χ2n) is 7.09. The van der Waals surface area contributed by atoms with Crippen molar-refractivity contribution < 1.29 is 14.0 Å². The number of carbonyl (C=O) groups is 2. The van der Waals surface area contributed by atoms with Gasteiger partial charge in [-0.3, -0.25) is 9.69 Å². The Hall–Kier alpha value is -2.73. The van der Waals surface area contributed by atoms with Crippen LogP contribution in [-0.4, -0.2) is 40.4 Å². The summed E-state index contributed by atoms with van der Waals surface area (Å²) in [7, 11) is 0. The number of fused-ring (bicyclic) bond motifs is 1. The maximum Gasteiger partial charge on any atom is 0.327 e. The molecule has 27 heavy (non-hydrogen) atoms. The van der Waals surface area contributed by atoms with Crippen LogP contribution in [0.2, 0.25) is 0 Å². The van der Waals surface area contributed by atoms with E-state index >= 15 is 0 Å². The summed E-state index contributed by atoms with van der Waals surface area (Å²) in [5.41, 5.74) is 1.76. The zero-order chi connectivity index (χ0) is 18.8. The molecular formula is C21H22FN3O2. The molecule has 2 saturated heterocycles. The monoisotopic (exact) mass is 367 g/mol. The first-order valence-corrected chi connectivity index (χ1v) is 9.27. The number of hydrogen-bond donors (Lipinski definition) is 1. The number of benzene rings is 2. The lowest BCUT2D eigenvalue weighted by Gasteiger charge is -2.47. The van der Waals surface area contributed by atoms with Gasteiger partial charge in [-0.1, -0.05) is 42.5 Å². The molecule has 0 spiro atoms. The molecule has 2 aromatic carbocycles. The Morgan fingerprint density at radius 2 is 1.67 bits per heavy atom. The number of imide groups is 1. The Morgan fingerprint density at radius 1 is 0.963 bits per heavy atom. The van der Waals surface area contributed by atoms with Crippen LogP contribution < -0.4 is 5.32 Å². The quantitative estimate of drug-likeness (QED) is 0.904. The van der Waals surface area contributed by atoms with Crippen molar-refractivity contribution in [3.8, 4) is 0 Å². The van der Waals surface area contributed by atoms with Crippen LogP contribution >= 0.6 is 0 Å². The van der Waals surface area contributed by atoms with Crippen LogP contribution in [0.1, 0.15) is 24.0 Å².